The number of sulfone groups is 1. The zero-order valence-electron chi connectivity index (χ0n) is 9.02. The zero-order valence-corrected chi connectivity index (χ0v) is 9.83. The number of nitrogen functional groups attached to an aromatic ring is 1. The molecule has 0 aliphatic carbocycles. The first-order valence-electron chi connectivity index (χ1n) is 5.15. The van der Waals surface area contributed by atoms with Gasteiger partial charge in [0.25, 0.3) is 0 Å². The summed E-state index contributed by atoms with van der Waals surface area (Å²) in [6.45, 7) is 4.99. The molecule has 0 bridgehead atoms. The lowest BCUT2D eigenvalue weighted by molar-refractivity contribution is 0.587. The molecular formula is C11H15N2O2S. The molecular weight excluding hydrogens is 224 g/mol. The fourth-order valence-corrected chi connectivity index (χ4v) is 3.07. The molecule has 1 aromatic carbocycles. The third-order valence-corrected chi connectivity index (χ3v) is 4.40. The van der Waals surface area contributed by atoms with Crippen molar-refractivity contribution in [3.8, 4) is 0 Å². The molecule has 87 valence electrons. The molecule has 1 aliphatic rings. The minimum absolute atomic E-state index is 0.219. The molecule has 2 N–H and O–H groups in total. The van der Waals surface area contributed by atoms with E-state index in [1.807, 2.05) is 17.0 Å². The van der Waals surface area contributed by atoms with Crippen molar-refractivity contribution in [1.29, 1.82) is 0 Å². The Bertz CT molecular complexity index is 483. The highest BCUT2D eigenvalue weighted by Gasteiger charge is 2.22. The molecule has 1 radical (unpaired) electrons. The van der Waals surface area contributed by atoms with Crippen molar-refractivity contribution in [3.05, 3.63) is 30.7 Å². The quantitative estimate of drug-likeness (QED) is 0.732. The average Bonchev–Trinajstić information content (AvgIpc) is 2.19. The van der Waals surface area contributed by atoms with E-state index >= 15 is 0 Å². The Morgan fingerprint density at radius 1 is 1.25 bits per heavy atom. The van der Waals surface area contributed by atoms with Crippen molar-refractivity contribution in [1.82, 2.24) is 0 Å². The van der Waals surface area contributed by atoms with Gasteiger partial charge in [-0.3, -0.25) is 0 Å². The Hall–Kier alpha value is -1.23. The average molecular weight is 239 g/mol. The number of nitrogens with zero attached hydrogens (tertiary/aromatic N) is 1. The maximum Gasteiger partial charge on any atom is 0.153 e. The van der Waals surface area contributed by atoms with Gasteiger partial charge < -0.3 is 10.6 Å². The third kappa shape index (κ3) is 2.29. The molecule has 16 heavy (non-hydrogen) atoms. The van der Waals surface area contributed by atoms with Crippen LogP contribution >= 0.6 is 0 Å². The van der Waals surface area contributed by atoms with Gasteiger partial charge >= 0.3 is 0 Å². The van der Waals surface area contributed by atoms with Crippen molar-refractivity contribution in [2.45, 2.75) is 0 Å². The molecule has 1 aliphatic heterocycles. The van der Waals surface area contributed by atoms with E-state index in [9.17, 15) is 8.42 Å². The van der Waals surface area contributed by atoms with Gasteiger partial charge in [0.05, 0.1) is 11.5 Å². The van der Waals surface area contributed by atoms with Crippen LogP contribution in [0.3, 0.4) is 0 Å². The first-order valence-corrected chi connectivity index (χ1v) is 6.97. The highest BCUT2D eigenvalue weighted by molar-refractivity contribution is 7.91. The largest absolute Gasteiger partial charge is 0.399 e. The number of benzene rings is 1. The van der Waals surface area contributed by atoms with Crippen LogP contribution < -0.4 is 10.6 Å². The monoisotopic (exact) mass is 239 g/mol. The summed E-state index contributed by atoms with van der Waals surface area (Å²) in [6, 6.07) is 5.52. The van der Waals surface area contributed by atoms with Crippen LogP contribution in [0.1, 0.15) is 5.56 Å². The number of anilines is 2. The summed E-state index contributed by atoms with van der Waals surface area (Å²) >= 11 is 0. The molecule has 0 unspecified atom stereocenters. The smallest absolute Gasteiger partial charge is 0.153 e. The predicted octanol–water partition coefficient (Wildman–Crippen LogP) is 0.686. The van der Waals surface area contributed by atoms with E-state index < -0.39 is 9.84 Å². The van der Waals surface area contributed by atoms with E-state index in [-0.39, 0.29) is 11.5 Å². The Kier molecular flexibility index (Phi) is 2.80. The van der Waals surface area contributed by atoms with Gasteiger partial charge in [0.1, 0.15) is 0 Å². The summed E-state index contributed by atoms with van der Waals surface area (Å²) in [4.78, 5) is 2.04. The lowest BCUT2D eigenvalue weighted by Crippen LogP contribution is -2.40. The second-order valence-electron chi connectivity index (χ2n) is 4.03. The van der Waals surface area contributed by atoms with E-state index in [1.54, 1.807) is 6.07 Å². The topological polar surface area (TPSA) is 63.4 Å². The number of hydrogen-bond acceptors (Lipinski definition) is 4. The van der Waals surface area contributed by atoms with Crippen molar-refractivity contribution >= 4 is 21.2 Å². The summed E-state index contributed by atoms with van der Waals surface area (Å²) in [5, 5.41) is 0. The molecule has 1 fully saturated rings. The molecule has 5 heteroatoms. The molecule has 1 heterocycles. The Labute approximate surface area is 96.0 Å². The van der Waals surface area contributed by atoms with Gasteiger partial charge in [0.15, 0.2) is 9.84 Å². The molecule has 1 aromatic rings. The lowest BCUT2D eigenvalue weighted by Gasteiger charge is -2.30. The summed E-state index contributed by atoms with van der Waals surface area (Å²) in [5.74, 6) is 0.438. The van der Waals surface area contributed by atoms with E-state index in [0.29, 0.717) is 18.8 Å². The van der Waals surface area contributed by atoms with Gasteiger partial charge in [0.2, 0.25) is 0 Å². The number of nitrogens with two attached hydrogens (primary N) is 1. The van der Waals surface area contributed by atoms with Gasteiger partial charge in [-0.05, 0) is 30.7 Å². The van der Waals surface area contributed by atoms with Crippen LogP contribution in [0.2, 0.25) is 0 Å². The van der Waals surface area contributed by atoms with E-state index in [2.05, 4.69) is 6.92 Å². The zero-order chi connectivity index (χ0) is 11.8. The first-order chi connectivity index (χ1) is 7.48. The lowest BCUT2D eigenvalue weighted by atomic mass is 10.1. The SMILES string of the molecule is [CH2]c1cc(N)ccc1N1CCS(=O)(=O)CC1. The minimum atomic E-state index is -2.83. The molecule has 0 atom stereocenters. The van der Waals surface area contributed by atoms with Crippen molar-refractivity contribution in [2.24, 2.45) is 0 Å². The molecule has 0 amide bonds. The van der Waals surface area contributed by atoms with Crippen LogP contribution in [0.4, 0.5) is 11.4 Å². The minimum Gasteiger partial charge on any atom is -0.399 e. The van der Waals surface area contributed by atoms with Crippen molar-refractivity contribution in [3.63, 3.8) is 0 Å². The Morgan fingerprint density at radius 2 is 1.88 bits per heavy atom. The summed E-state index contributed by atoms with van der Waals surface area (Å²) in [5.41, 5.74) is 8.15. The van der Waals surface area contributed by atoms with Crippen LogP contribution in [0, 0.1) is 6.92 Å². The van der Waals surface area contributed by atoms with Crippen LogP contribution in [-0.2, 0) is 9.84 Å². The molecule has 0 aromatic heterocycles. The Morgan fingerprint density at radius 3 is 2.44 bits per heavy atom. The van der Waals surface area contributed by atoms with E-state index in [0.717, 1.165) is 11.3 Å². The fraction of sp³-hybridized carbons (Fsp3) is 0.364. The van der Waals surface area contributed by atoms with Gasteiger partial charge in [0, 0.05) is 24.5 Å². The molecule has 2 rings (SSSR count). The van der Waals surface area contributed by atoms with Gasteiger partial charge in [-0.2, -0.15) is 0 Å². The third-order valence-electron chi connectivity index (χ3n) is 2.79. The number of rotatable bonds is 1. The highest BCUT2D eigenvalue weighted by atomic mass is 32.2. The van der Waals surface area contributed by atoms with Gasteiger partial charge in [-0.1, -0.05) is 0 Å². The normalized spacial score (nSPS) is 19.7. The van der Waals surface area contributed by atoms with Gasteiger partial charge in [-0.15, -0.1) is 0 Å². The molecule has 1 saturated heterocycles. The Balaban J connectivity index is 2.20. The first kappa shape index (κ1) is 11.3. The summed E-state index contributed by atoms with van der Waals surface area (Å²) in [7, 11) is -2.83. The van der Waals surface area contributed by atoms with Gasteiger partial charge in [-0.25, -0.2) is 8.42 Å². The van der Waals surface area contributed by atoms with E-state index in [1.165, 1.54) is 0 Å². The van der Waals surface area contributed by atoms with Crippen molar-refractivity contribution in [2.75, 3.05) is 35.2 Å². The molecule has 0 saturated carbocycles. The maximum atomic E-state index is 11.3. The second-order valence-corrected chi connectivity index (χ2v) is 6.33. The van der Waals surface area contributed by atoms with Crippen LogP contribution in [0.25, 0.3) is 0 Å². The predicted molar refractivity (Wildman–Crippen MR) is 66.2 cm³/mol. The second kappa shape index (κ2) is 3.97. The van der Waals surface area contributed by atoms with Crippen molar-refractivity contribution < 1.29 is 8.42 Å². The van der Waals surface area contributed by atoms with Crippen LogP contribution in [0.5, 0.6) is 0 Å². The summed E-state index contributed by atoms with van der Waals surface area (Å²) < 4.78 is 22.6. The highest BCUT2D eigenvalue weighted by Crippen LogP contribution is 2.23. The van der Waals surface area contributed by atoms with Crippen LogP contribution in [0.15, 0.2) is 18.2 Å². The summed E-state index contributed by atoms with van der Waals surface area (Å²) in [6.07, 6.45) is 0. The van der Waals surface area contributed by atoms with E-state index in [4.69, 9.17) is 5.73 Å². The number of hydrogen-bond donors (Lipinski definition) is 1. The molecule has 4 nitrogen and oxygen atoms in total. The standard InChI is InChI=1S/C11H15N2O2S/c1-9-8-10(12)2-3-11(9)13-4-6-16(14,15)7-5-13/h2-3,8H,1,4-7,12H2. The maximum absolute atomic E-state index is 11.3. The van der Waals surface area contributed by atoms with Crippen LogP contribution in [-0.4, -0.2) is 33.0 Å². The molecule has 0 spiro atoms. The fourth-order valence-electron chi connectivity index (χ4n) is 1.87.